The maximum absolute atomic E-state index is 8.98. The first kappa shape index (κ1) is 8.06. The second-order valence-corrected chi connectivity index (χ2v) is 3.84. The van der Waals surface area contributed by atoms with Crippen molar-refractivity contribution in [3.05, 3.63) is 0 Å². The Morgan fingerprint density at radius 2 is 2.00 bits per heavy atom. The molecule has 1 fully saturated rings. The van der Waals surface area contributed by atoms with Gasteiger partial charge in [0, 0.05) is 6.61 Å². The Bertz CT molecular complexity index is 101. The van der Waals surface area contributed by atoms with Gasteiger partial charge in [0.2, 0.25) is 0 Å². The van der Waals surface area contributed by atoms with Crippen LogP contribution in [-0.2, 0) is 0 Å². The van der Waals surface area contributed by atoms with Gasteiger partial charge in [0.05, 0.1) is 0 Å². The van der Waals surface area contributed by atoms with Crippen molar-refractivity contribution >= 4 is 0 Å². The van der Waals surface area contributed by atoms with E-state index < -0.39 is 0 Å². The van der Waals surface area contributed by atoms with Gasteiger partial charge in [-0.3, -0.25) is 0 Å². The first-order chi connectivity index (χ1) is 4.74. The van der Waals surface area contributed by atoms with Crippen LogP contribution in [0.1, 0.15) is 33.1 Å². The summed E-state index contributed by atoms with van der Waals surface area (Å²) in [6.45, 7) is 4.94. The number of rotatable bonds is 1. The van der Waals surface area contributed by atoms with Crippen LogP contribution in [0, 0.1) is 17.8 Å². The molecule has 0 bridgehead atoms. The maximum atomic E-state index is 8.98. The maximum Gasteiger partial charge on any atom is 0.0461 e. The Balaban J connectivity index is 2.38. The molecule has 0 amide bonds. The summed E-state index contributed by atoms with van der Waals surface area (Å²) in [4.78, 5) is 0. The van der Waals surface area contributed by atoms with Crippen molar-refractivity contribution < 1.29 is 5.11 Å². The SMILES string of the molecule is C[C@@H]1CC[C@@H](C)[C@H](CO)C1. The van der Waals surface area contributed by atoms with Crippen molar-refractivity contribution in [1.82, 2.24) is 0 Å². The average Bonchev–Trinajstić information content (AvgIpc) is 1.94. The fraction of sp³-hybridized carbons (Fsp3) is 1.00. The second-order valence-electron chi connectivity index (χ2n) is 3.84. The molecule has 0 saturated heterocycles. The van der Waals surface area contributed by atoms with E-state index in [4.69, 9.17) is 5.11 Å². The summed E-state index contributed by atoms with van der Waals surface area (Å²) < 4.78 is 0. The Morgan fingerprint density at radius 3 is 2.50 bits per heavy atom. The molecule has 10 heavy (non-hydrogen) atoms. The summed E-state index contributed by atoms with van der Waals surface area (Å²) in [5, 5.41) is 8.98. The third-order valence-electron chi connectivity index (χ3n) is 2.86. The lowest BCUT2D eigenvalue weighted by Gasteiger charge is -2.31. The fourth-order valence-corrected chi connectivity index (χ4v) is 1.90. The molecule has 1 rings (SSSR count). The van der Waals surface area contributed by atoms with E-state index in [0.717, 1.165) is 11.8 Å². The largest absolute Gasteiger partial charge is 0.396 e. The molecule has 0 aliphatic heterocycles. The van der Waals surface area contributed by atoms with Crippen LogP contribution in [0.3, 0.4) is 0 Å². The molecule has 0 heterocycles. The van der Waals surface area contributed by atoms with Crippen LogP contribution < -0.4 is 0 Å². The topological polar surface area (TPSA) is 20.2 Å². The van der Waals surface area contributed by atoms with Gasteiger partial charge in [-0.2, -0.15) is 0 Å². The fourth-order valence-electron chi connectivity index (χ4n) is 1.90. The summed E-state index contributed by atoms with van der Waals surface area (Å²) in [5.41, 5.74) is 0. The second kappa shape index (κ2) is 3.38. The highest BCUT2D eigenvalue weighted by Gasteiger charge is 2.24. The van der Waals surface area contributed by atoms with Crippen LogP contribution in [0.2, 0.25) is 0 Å². The average molecular weight is 142 g/mol. The predicted molar refractivity (Wildman–Crippen MR) is 42.8 cm³/mol. The molecule has 0 aromatic heterocycles. The molecule has 1 aliphatic carbocycles. The van der Waals surface area contributed by atoms with Crippen molar-refractivity contribution in [3.8, 4) is 0 Å². The highest BCUT2D eigenvalue weighted by atomic mass is 16.3. The van der Waals surface area contributed by atoms with E-state index in [1.165, 1.54) is 19.3 Å². The zero-order valence-corrected chi connectivity index (χ0v) is 7.01. The molecule has 3 atom stereocenters. The summed E-state index contributed by atoms with van der Waals surface area (Å²) in [6, 6.07) is 0. The van der Waals surface area contributed by atoms with E-state index in [-0.39, 0.29) is 0 Å². The lowest BCUT2D eigenvalue weighted by atomic mass is 9.76. The summed E-state index contributed by atoms with van der Waals surface area (Å²) >= 11 is 0. The van der Waals surface area contributed by atoms with Crippen LogP contribution in [0.15, 0.2) is 0 Å². The van der Waals surface area contributed by atoms with E-state index in [1.54, 1.807) is 0 Å². The molecule has 1 saturated carbocycles. The van der Waals surface area contributed by atoms with Crippen molar-refractivity contribution in [2.45, 2.75) is 33.1 Å². The minimum atomic E-state index is 0.394. The van der Waals surface area contributed by atoms with E-state index in [0.29, 0.717) is 12.5 Å². The molecule has 0 radical (unpaired) electrons. The summed E-state index contributed by atoms with van der Waals surface area (Å²) in [6.07, 6.45) is 3.90. The van der Waals surface area contributed by atoms with Crippen LogP contribution in [0.5, 0.6) is 0 Å². The highest BCUT2D eigenvalue weighted by Crippen LogP contribution is 2.32. The molecule has 1 nitrogen and oxygen atoms in total. The quantitative estimate of drug-likeness (QED) is 0.594. The molecular weight excluding hydrogens is 124 g/mol. The predicted octanol–water partition coefficient (Wildman–Crippen LogP) is 2.05. The third-order valence-corrected chi connectivity index (χ3v) is 2.86. The minimum absolute atomic E-state index is 0.394. The van der Waals surface area contributed by atoms with Gasteiger partial charge in [0.1, 0.15) is 0 Å². The molecule has 0 spiro atoms. The Morgan fingerprint density at radius 1 is 1.30 bits per heavy atom. The number of aliphatic hydroxyl groups is 1. The van der Waals surface area contributed by atoms with Gasteiger partial charge < -0.3 is 5.11 Å². The highest BCUT2D eigenvalue weighted by molar-refractivity contribution is 4.74. The van der Waals surface area contributed by atoms with Gasteiger partial charge in [-0.25, -0.2) is 0 Å². The molecule has 1 heteroatoms. The standard InChI is InChI=1S/C9H18O/c1-7-3-4-8(2)9(5-7)6-10/h7-10H,3-6H2,1-2H3/t7-,8-,9+/m1/s1. The first-order valence-electron chi connectivity index (χ1n) is 4.35. The van der Waals surface area contributed by atoms with Crippen LogP contribution in [-0.4, -0.2) is 11.7 Å². The Labute approximate surface area is 63.4 Å². The third kappa shape index (κ3) is 1.72. The minimum Gasteiger partial charge on any atom is -0.396 e. The van der Waals surface area contributed by atoms with E-state index >= 15 is 0 Å². The van der Waals surface area contributed by atoms with Crippen molar-refractivity contribution in [2.24, 2.45) is 17.8 Å². The van der Waals surface area contributed by atoms with E-state index in [9.17, 15) is 0 Å². The normalized spacial score (nSPS) is 41.7. The van der Waals surface area contributed by atoms with Crippen LogP contribution in [0.25, 0.3) is 0 Å². The number of aliphatic hydroxyl groups excluding tert-OH is 1. The Kier molecular flexibility index (Phi) is 2.72. The zero-order valence-electron chi connectivity index (χ0n) is 7.01. The summed E-state index contributed by atoms with van der Waals surface area (Å²) in [7, 11) is 0. The zero-order chi connectivity index (χ0) is 7.56. The molecular formula is C9H18O. The van der Waals surface area contributed by atoms with E-state index in [1.807, 2.05) is 0 Å². The van der Waals surface area contributed by atoms with Gasteiger partial charge in [-0.15, -0.1) is 0 Å². The van der Waals surface area contributed by atoms with Crippen LogP contribution in [0.4, 0.5) is 0 Å². The van der Waals surface area contributed by atoms with Crippen LogP contribution >= 0.6 is 0 Å². The lowest BCUT2D eigenvalue weighted by Crippen LogP contribution is -2.24. The number of hydrogen-bond acceptors (Lipinski definition) is 1. The van der Waals surface area contributed by atoms with Gasteiger partial charge in [-0.05, 0) is 24.2 Å². The Hall–Kier alpha value is -0.0400. The van der Waals surface area contributed by atoms with E-state index in [2.05, 4.69) is 13.8 Å². The van der Waals surface area contributed by atoms with Crippen molar-refractivity contribution in [3.63, 3.8) is 0 Å². The number of hydrogen-bond donors (Lipinski definition) is 1. The lowest BCUT2D eigenvalue weighted by molar-refractivity contribution is 0.120. The summed E-state index contributed by atoms with van der Waals surface area (Å²) in [5.74, 6) is 2.18. The van der Waals surface area contributed by atoms with Gasteiger partial charge in [0.25, 0.3) is 0 Å². The molecule has 60 valence electrons. The first-order valence-corrected chi connectivity index (χ1v) is 4.35. The van der Waals surface area contributed by atoms with Crippen molar-refractivity contribution in [1.29, 1.82) is 0 Å². The van der Waals surface area contributed by atoms with Gasteiger partial charge in [0.15, 0.2) is 0 Å². The molecule has 0 aromatic rings. The molecule has 0 aromatic carbocycles. The molecule has 1 aliphatic rings. The van der Waals surface area contributed by atoms with Gasteiger partial charge in [-0.1, -0.05) is 26.7 Å². The van der Waals surface area contributed by atoms with Gasteiger partial charge >= 0.3 is 0 Å². The smallest absolute Gasteiger partial charge is 0.0461 e. The monoisotopic (exact) mass is 142 g/mol. The molecule has 0 unspecified atom stereocenters. The van der Waals surface area contributed by atoms with Crippen molar-refractivity contribution in [2.75, 3.05) is 6.61 Å². The molecule has 1 N–H and O–H groups in total.